The number of hydrogen-bond acceptors (Lipinski definition) is 6. The Morgan fingerprint density at radius 3 is 2.83 bits per heavy atom. The number of nitrogens with zero attached hydrogens (tertiary/aromatic N) is 3. The number of thiophene rings is 1. The smallest absolute Gasteiger partial charge is 0.327 e. The molecule has 1 aliphatic heterocycles. The second-order valence-electron chi connectivity index (χ2n) is 5.59. The van der Waals surface area contributed by atoms with Gasteiger partial charge in [-0.1, -0.05) is 25.4 Å². The molecule has 3 heterocycles. The average molecular weight is 366 g/mol. The fourth-order valence-corrected chi connectivity index (χ4v) is 3.81. The van der Waals surface area contributed by atoms with Gasteiger partial charge in [0.05, 0.1) is 26.9 Å². The standard InChI is InChI=1S/C16H16ClN3O3S/c1-4-23-15(22)7-19-12(8-21)10-5-13-11(6-14(17)24-13)20(10)16(18-19)9(2)3/h5-6,9H,4,7H2,1-3H3. The van der Waals surface area contributed by atoms with Gasteiger partial charge in [0, 0.05) is 5.92 Å². The van der Waals surface area contributed by atoms with Crippen molar-refractivity contribution in [3.05, 3.63) is 22.2 Å². The van der Waals surface area contributed by atoms with Crippen LogP contribution in [0.25, 0.3) is 15.9 Å². The molecule has 24 heavy (non-hydrogen) atoms. The van der Waals surface area contributed by atoms with Gasteiger partial charge in [0.25, 0.3) is 0 Å². The summed E-state index contributed by atoms with van der Waals surface area (Å²) >= 11 is 7.54. The molecular weight excluding hydrogens is 350 g/mol. The van der Waals surface area contributed by atoms with E-state index in [0.717, 1.165) is 16.1 Å². The van der Waals surface area contributed by atoms with Crippen molar-refractivity contribution >= 4 is 56.6 Å². The molecule has 0 saturated carbocycles. The van der Waals surface area contributed by atoms with E-state index in [-0.39, 0.29) is 24.8 Å². The first kappa shape index (κ1) is 16.8. The molecule has 6 nitrogen and oxygen atoms in total. The molecule has 8 heteroatoms. The van der Waals surface area contributed by atoms with Gasteiger partial charge in [-0.25, -0.2) is 9.80 Å². The van der Waals surface area contributed by atoms with Crippen molar-refractivity contribution in [3.63, 3.8) is 0 Å². The Labute approximate surface area is 147 Å². The maximum atomic E-state index is 11.8. The predicted octanol–water partition coefficient (Wildman–Crippen LogP) is 3.23. The number of ether oxygens (including phenoxy) is 1. The first-order valence-corrected chi connectivity index (χ1v) is 8.74. The van der Waals surface area contributed by atoms with Crippen LogP contribution >= 0.6 is 22.9 Å². The van der Waals surface area contributed by atoms with Crippen LogP contribution in [-0.2, 0) is 14.3 Å². The number of hydrazone groups is 1. The summed E-state index contributed by atoms with van der Waals surface area (Å²) in [6.45, 7) is 5.88. The zero-order chi connectivity index (χ0) is 17.4. The molecule has 0 amide bonds. The van der Waals surface area contributed by atoms with Crippen LogP contribution in [0.15, 0.2) is 17.2 Å². The minimum absolute atomic E-state index is 0.0796. The quantitative estimate of drug-likeness (QED) is 0.616. The molecule has 0 radical (unpaired) electrons. The maximum Gasteiger partial charge on any atom is 0.327 e. The number of aromatic nitrogens is 1. The highest BCUT2D eigenvalue weighted by atomic mass is 35.5. The van der Waals surface area contributed by atoms with E-state index in [1.165, 1.54) is 16.3 Å². The summed E-state index contributed by atoms with van der Waals surface area (Å²) in [5.74, 6) is 2.28. The molecule has 2 aromatic heterocycles. The Morgan fingerprint density at radius 2 is 2.21 bits per heavy atom. The van der Waals surface area contributed by atoms with E-state index in [1.54, 1.807) is 6.92 Å². The van der Waals surface area contributed by atoms with E-state index in [0.29, 0.717) is 10.0 Å². The third-order valence-electron chi connectivity index (χ3n) is 3.61. The van der Waals surface area contributed by atoms with Crippen molar-refractivity contribution in [2.45, 2.75) is 20.8 Å². The lowest BCUT2D eigenvalue weighted by molar-refractivity contribution is -0.143. The van der Waals surface area contributed by atoms with Crippen LogP contribution < -0.4 is 0 Å². The lowest BCUT2D eigenvalue weighted by atomic mass is 10.1. The Hall–Kier alpha value is -2.08. The summed E-state index contributed by atoms with van der Waals surface area (Å²) in [6.07, 6.45) is 0. The number of hydrogen-bond donors (Lipinski definition) is 0. The molecule has 0 unspecified atom stereocenters. The highest BCUT2D eigenvalue weighted by Crippen LogP contribution is 2.37. The molecule has 0 fully saturated rings. The molecule has 1 aliphatic rings. The van der Waals surface area contributed by atoms with Crippen LogP contribution in [0, 0.1) is 5.92 Å². The van der Waals surface area contributed by atoms with Crippen LogP contribution in [0.5, 0.6) is 0 Å². The lowest BCUT2D eigenvalue weighted by Crippen LogP contribution is -2.35. The van der Waals surface area contributed by atoms with Gasteiger partial charge in [-0.05, 0) is 19.1 Å². The summed E-state index contributed by atoms with van der Waals surface area (Å²) in [5.41, 5.74) is 1.77. The molecule has 2 aromatic rings. The van der Waals surface area contributed by atoms with Gasteiger partial charge in [-0.15, -0.1) is 11.3 Å². The summed E-state index contributed by atoms with van der Waals surface area (Å²) in [6, 6.07) is 3.73. The second-order valence-corrected chi connectivity index (χ2v) is 7.31. The first-order valence-electron chi connectivity index (χ1n) is 7.54. The summed E-state index contributed by atoms with van der Waals surface area (Å²) < 4.78 is 8.50. The molecule has 0 spiro atoms. The van der Waals surface area contributed by atoms with Crippen LogP contribution in [0.2, 0.25) is 4.34 Å². The summed E-state index contributed by atoms with van der Waals surface area (Å²) in [7, 11) is 0. The fraction of sp³-hybridized carbons (Fsp3) is 0.375. The van der Waals surface area contributed by atoms with Crippen molar-refractivity contribution in [3.8, 4) is 0 Å². The zero-order valence-corrected chi connectivity index (χ0v) is 15.1. The van der Waals surface area contributed by atoms with Crippen molar-refractivity contribution < 1.29 is 14.3 Å². The molecule has 0 bridgehead atoms. The number of halogens is 1. The van der Waals surface area contributed by atoms with E-state index < -0.39 is 5.97 Å². The van der Waals surface area contributed by atoms with Crippen molar-refractivity contribution in [2.24, 2.45) is 11.0 Å². The Kier molecular flexibility index (Phi) is 4.49. The Morgan fingerprint density at radius 1 is 1.46 bits per heavy atom. The summed E-state index contributed by atoms with van der Waals surface area (Å²) in [4.78, 5) is 23.4. The zero-order valence-electron chi connectivity index (χ0n) is 13.5. The molecule has 126 valence electrons. The van der Waals surface area contributed by atoms with Crippen LogP contribution in [0.4, 0.5) is 0 Å². The number of rotatable bonds is 4. The molecule has 0 atom stereocenters. The second kappa shape index (κ2) is 6.43. The Balaban J connectivity index is 2.14. The lowest BCUT2D eigenvalue weighted by Gasteiger charge is -2.28. The van der Waals surface area contributed by atoms with Crippen LogP contribution in [0.1, 0.15) is 26.5 Å². The number of esters is 1. The molecule has 0 aliphatic carbocycles. The minimum Gasteiger partial charge on any atom is -0.465 e. The van der Waals surface area contributed by atoms with Crippen molar-refractivity contribution in [1.82, 2.24) is 9.58 Å². The van der Waals surface area contributed by atoms with Crippen LogP contribution in [-0.4, -0.2) is 40.5 Å². The van der Waals surface area contributed by atoms with E-state index in [9.17, 15) is 9.59 Å². The van der Waals surface area contributed by atoms with Gasteiger partial charge >= 0.3 is 5.97 Å². The fourth-order valence-electron chi connectivity index (χ4n) is 2.66. The van der Waals surface area contributed by atoms with Crippen molar-refractivity contribution in [1.29, 1.82) is 0 Å². The summed E-state index contributed by atoms with van der Waals surface area (Å²) in [5, 5.41) is 5.86. The van der Waals surface area contributed by atoms with Gasteiger partial charge in [0.2, 0.25) is 0 Å². The van der Waals surface area contributed by atoms with Crippen molar-refractivity contribution in [2.75, 3.05) is 13.2 Å². The minimum atomic E-state index is -0.443. The highest BCUT2D eigenvalue weighted by Gasteiger charge is 2.30. The van der Waals surface area contributed by atoms with Gasteiger partial charge in [-0.2, -0.15) is 5.10 Å². The highest BCUT2D eigenvalue weighted by molar-refractivity contribution is 7.22. The molecular formula is C16H16ClN3O3S. The number of carbonyl (C=O) groups excluding carboxylic acids is 2. The SMILES string of the molecule is CCOC(=O)CN1N=C(C(C)C)n2c(cc3sc(Cl)cc32)C1=C=O. The normalized spacial score (nSPS) is 14.0. The average Bonchev–Trinajstić information content (AvgIpc) is 3.02. The van der Waals surface area contributed by atoms with Gasteiger partial charge in [-0.3, -0.25) is 9.36 Å². The Bertz CT molecular complexity index is 890. The predicted molar refractivity (Wildman–Crippen MR) is 94.9 cm³/mol. The van der Waals surface area contributed by atoms with E-state index >= 15 is 0 Å². The van der Waals surface area contributed by atoms with E-state index in [4.69, 9.17) is 16.3 Å². The molecule has 3 rings (SSSR count). The van der Waals surface area contributed by atoms with Gasteiger partial charge in [0.1, 0.15) is 12.4 Å². The third kappa shape index (κ3) is 2.75. The largest absolute Gasteiger partial charge is 0.465 e. The molecule has 0 N–H and O–H groups in total. The molecule has 0 aromatic carbocycles. The van der Waals surface area contributed by atoms with E-state index in [2.05, 4.69) is 5.10 Å². The third-order valence-corrected chi connectivity index (χ3v) is 4.81. The van der Waals surface area contributed by atoms with Crippen LogP contribution in [0.3, 0.4) is 0 Å². The molecule has 0 saturated heterocycles. The monoisotopic (exact) mass is 365 g/mol. The van der Waals surface area contributed by atoms with Gasteiger partial charge < -0.3 is 4.74 Å². The number of fused-ring (bicyclic) bond motifs is 3. The first-order chi connectivity index (χ1) is 11.5. The van der Waals surface area contributed by atoms with E-state index in [1.807, 2.05) is 36.5 Å². The maximum absolute atomic E-state index is 11.8. The number of carbonyl (C=O) groups is 1. The van der Waals surface area contributed by atoms with Gasteiger partial charge in [0.15, 0.2) is 11.6 Å². The topological polar surface area (TPSA) is 63.9 Å².